The lowest BCUT2D eigenvalue weighted by atomic mass is 9.98. The largest absolute Gasteiger partial charge is 0.497 e. The predicted molar refractivity (Wildman–Crippen MR) is 178 cm³/mol. The molecular weight excluding hydrogens is 540 g/mol. The van der Waals surface area contributed by atoms with Gasteiger partial charge in [0.25, 0.3) is 0 Å². The van der Waals surface area contributed by atoms with E-state index in [1.54, 1.807) is 25.3 Å². The van der Waals surface area contributed by atoms with Crippen molar-refractivity contribution in [1.82, 2.24) is 9.13 Å². The van der Waals surface area contributed by atoms with E-state index < -0.39 is 0 Å². The Hall–Kier alpha value is -6.30. The zero-order chi connectivity index (χ0) is 29.8. The van der Waals surface area contributed by atoms with Gasteiger partial charge in [0, 0.05) is 27.2 Å². The lowest BCUT2D eigenvalue weighted by Crippen LogP contribution is -1.97. The molecule has 0 spiro atoms. The smallest absolute Gasteiger partial charge is 0.189 e. The second kappa shape index (κ2) is 9.91. The molecule has 0 bridgehead atoms. The minimum absolute atomic E-state index is 0.484. The molecule has 0 aliphatic carbocycles. The van der Waals surface area contributed by atoms with Crippen LogP contribution in [0.15, 0.2) is 127 Å². The molecule has 6 aromatic carbocycles. The number of fused-ring (bicyclic) bond motifs is 6. The second-order valence-electron chi connectivity index (χ2n) is 10.8. The van der Waals surface area contributed by atoms with Gasteiger partial charge in [-0.3, -0.25) is 0 Å². The summed E-state index contributed by atoms with van der Waals surface area (Å²) in [4.78, 5) is 3.65. The van der Waals surface area contributed by atoms with Crippen LogP contribution in [0.3, 0.4) is 0 Å². The zero-order valence-corrected chi connectivity index (χ0v) is 23.8. The minimum Gasteiger partial charge on any atom is -0.497 e. The number of para-hydroxylation sites is 2. The van der Waals surface area contributed by atoms with Gasteiger partial charge in [0.05, 0.1) is 47.0 Å². The van der Waals surface area contributed by atoms with Gasteiger partial charge in [-0.05, 0) is 65.7 Å². The average Bonchev–Trinajstić information content (AvgIpc) is 3.60. The number of methoxy groups -OCH3 is 1. The van der Waals surface area contributed by atoms with E-state index in [0.29, 0.717) is 16.9 Å². The molecule has 5 heteroatoms. The minimum atomic E-state index is 0.484. The summed E-state index contributed by atoms with van der Waals surface area (Å²) in [6.07, 6.45) is 0. The lowest BCUT2D eigenvalue weighted by Gasteiger charge is -2.12. The van der Waals surface area contributed by atoms with Crippen molar-refractivity contribution in [2.45, 2.75) is 0 Å². The van der Waals surface area contributed by atoms with E-state index in [4.69, 9.17) is 11.3 Å². The van der Waals surface area contributed by atoms with Gasteiger partial charge in [0.1, 0.15) is 11.8 Å². The number of nitrogens with zero attached hydrogens (tertiary/aromatic N) is 4. The summed E-state index contributed by atoms with van der Waals surface area (Å²) in [6.45, 7) is 7.62. The summed E-state index contributed by atoms with van der Waals surface area (Å²) in [6, 6.07) is 45.6. The van der Waals surface area contributed by atoms with E-state index in [-0.39, 0.29) is 0 Å². The first-order chi connectivity index (χ1) is 21.7. The fraction of sp³-hybridized carbons (Fsp3) is 0.0256. The number of hydrogen-bond donors (Lipinski definition) is 0. The topological polar surface area (TPSA) is 47.2 Å². The normalized spacial score (nSPS) is 11.2. The van der Waals surface area contributed by atoms with Crippen molar-refractivity contribution in [2.24, 2.45) is 0 Å². The molecule has 0 amide bonds. The molecule has 0 aliphatic rings. The number of ether oxygens (including phenoxy) is 1. The SMILES string of the molecule is [C-]#[N+]c1ccc(C#N)c(-n2c3ccc(OC)cc3c3c(-c4ccc5c6ccccc6n(-c6ccccc6)c5c4)cccc32)c1. The summed E-state index contributed by atoms with van der Waals surface area (Å²) in [7, 11) is 1.67. The number of rotatable bonds is 4. The van der Waals surface area contributed by atoms with Crippen LogP contribution in [0.2, 0.25) is 0 Å². The number of nitriles is 1. The van der Waals surface area contributed by atoms with E-state index in [2.05, 4.69) is 111 Å². The molecule has 2 heterocycles. The molecule has 0 unspecified atom stereocenters. The third kappa shape index (κ3) is 3.71. The number of hydrogen-bond acceptors (Lipinski definition) is 2. The Balaban J connectivity index is 1.47. The fourth-order valence-corrected chi connectivity index (χ4v) is 6.54. The lowest BCUT2D eigenvalue weighted by molar-refractivity contribution is 0.415. The fourth-order valence-electron chi connectivity index (χ4n) is 6.54. The molecule has 0 aliphatic heterocycles. The highest BCUT2D eigenvalue weighted by Crippen LogP contribution is 2.42. The first-order valence-electron chi connectivity index (χ1n) is 14.3. The average molecular weight is 565 g/mol. The van der Waals surface area contributed by atoms with E-state index >= 15 is 0 Å². The van der Waals surface area contributed by atoms with Crippen LogP contribution in [-0.4, -0.2) is 16.2 Å². The maximum absolute atomic E-state index is 10.1. The molecule has 0 fully saturated rings. The van der Waals surface area contributed by atoms with Gasteiger partial charge in [0.15, 0.2) is 5.69 Å². The van der Waals surface area contributed by atoms with Crippen molar-refractivity contribution in [3.8, 4) is 34.3 Å². The molecule has 0 saturated heterocycles. The van der Waals surface area contributed by atoms with Crippen LogP contribution in [-0.2, 0) is 0 Å². The van der Waals surface area contributed by atoms with Crippen molar-refractivity contribution in [3.05, 3.63) is 144 Å². The Morgan fingerprint density at radius 2 is 1.43 bits per heavy atom. The molecular formula is C39H24N4O. The molecule has 0 saturated carbocycles. The Morgan fingerprint density at radius 1 is 0.659 bits per heavy atom. The van der Waals surface area contributed by atoms with Crippen molar-refractivity contribution >= 4 is 49.3 Å². The second-order valence-corrected chi connectivity index (χ2v) is 10.8. The summed E-state index contributed by atoms with van der Waals surface area (Å²) in [5.41, 5.74) is 9.12. The van der Waals surface area contributed by atoms with Crippen molar-refractivity contribution in [3.63, 3.8) is 0 Å². The van der Waals surface area contributed by atoms with Gasteiger partial charge in [-0.15, -0.1) is 0 Å². The highest BCUT2D eigenvalue weighted by Gasteiger charge is 2.20. The van der Waals surface area contributed by atoms with Crippen LogP contribution in [0.5, 0.6) is 5.75 Å². The molecule has 8 rings (SSSR count). The van der Waals surface area contributed by atoms with E-state index in [1.807, 2.05) is 18.2 Å². The summed E-state index contributed by atoms with van der Waals surface area (Å²) in [5.74, 6) is 0.751. The van der Waals surface area contributed by atoms with Gasteiger partial charge in [-0.1, -0.05) is 72.8 Å². The molecule has 0 N–H and O–H groups in total. The van der Waals surface area contributed by atoms with Crippen molar-refractivity contribution in [2.75, 3.05) is 7.11 Å². The van der Waals surface area contributed by atoms with Gasteiger partial charge in [0.2, 0.25) is 0 Å². The summed E-state index contributed by atoms with van der Waals surface area (Å²) < 4.78 is 10.1. The predicted octanol–water partition coefficient (Wildman–Crippen LogP) is 9.98. The van der Waals surface area contributed by atoms with Crippen LogP contribution in [0.25, 0.3) is 71.0 Å². The van der Waals surface area contributed by atoms with Gasteiger partial charge < -0.3 is 13.9 Å². The molecule has 5 nitrogen and oxygen atoms in total. The van der Waals surface area contributed by atoms with Crippen LogP contribution in [0.1, 0.15) is 5.56 Å². The third-order valence-corrected chi connectivity index (χ3v) is 8.47. The maximum atomic E-state index is 10.1. The molecule has 8 aromatic rings. The van der Waals surface area contributed by atoms with Crippen LogP contribution < -0.4 is 4.74 Å². The molecule has 44 heavy (non-hydrogen) atoms. The van der Waals surface area contributed by atoms with E-state index in [9.17, 15) is 5.26 Å². The number of benzene rings is 6. The van der Waals surface area contributed by atoms with Crippen LogP contribution in [0.4, 0.5) is 5.69 Å². The first kappa shape index (κ1) is 25.4. The Bertz CT molecular complexity index is 2510. The molecule has 206 valence electrons. The quantitative estimate of drug-likeness (QED) is 0.200. The first-order valence-corrected chi connectivity index (χ1v) is 14.3. The number of aromatic nitrogens is 2. The highest BCUT2D eigenvalue weighted by molar-refractivity contribution is 6.17. The van der Waals surface area contributed by atoms with E-state index in [1.165, 1.54) is 10.8 Å². The highest BCUT2D eigenvalue weighted by atomic mass is 16.5. The van der Waals surface area contributed by atoms with Crippen LogP contribution >= 0.6 is 0 Å². The van der Waals surface area contributed by atoms with Gasteiger partial charge in [-0.2, -0.15) is 5.26 Å². The Kier molecular flexibility index (Phi) is 5.72. The summed E-state index contributed by atoms with van der Waals surface area (Å²) >= 11 is 0. The Morgan fingerprint density at radius 3 is 2.25 bits per heavy atom. The molecule has 0 radical (unpaired) electrons. The summed E-state index contributed by atoms with van der Waals surface area (Å²) in [5, 5.41) is 14.5. The zero-order valence-electron chi connectivity index (χ0n) is 23.8. The van der Waals surface area contributed by atoms with Crippen molar-refractivity contribution in [1.29, 1.82) is 5.26 Å². The maximum Gasteiger partial charge on any atom is 0.189 e. The monoisotopic (exact) mass is 564 g/mol. The van der Waals surface area contributed by atoms with Crippen molar-refractivity contribution < 1.29 is 4.74 Å². The van der Waals surface area contributed by atoms with E-state index in [0.717, 1.165) is 55.4 Å². The molecule has 0 atom stereocenters. The Labute approximate surface area is 253 Å². The van der Waals surface area contributed by atoms with Gasteiger partial charge >= 0.3 is 0 Å². The van der Waals surface area contributed by atoms with Gasteiger partial charge in [-0.25, -0.2) is 4.85 Å². The molecule has 2 aromatic heterocycles. The van der Waals surface area contributed by atoms with Crippen LogP contribution in [0, 0.1) is 17.9 Å². The standard InChI is InChI=1S/C39H24N4O/c1-41-27-17-15-26(24-40)37(22-27)43-35-20-18-29(44-2)23-33(35)39-30(12-8-14-36(39)43)25-16-19-32-31-11-6-7-13-34(31)42(38(32)21-25)28-9-4-3-5-10-28/h3-23H,2H3. The third-order valence-electron chi connectivity index (χ3n) is 8.47.